The summed E-state index contributed by atoms with van der Waals surface area (Å²) in [5.74, 6) is 0. The number of halogens is 1. The maximum Gasteiger partial charge on any atom is 0.0824 e. The van der Waals surface area contributed by atoms with Crippen LogP contribution in [0.4, 0.5) is 5.69 Å². The molecule has 0 spiro atoms. The monoisotopic (exact) mass is 201 g/mol. The van der Waals surface area contributed by atoms with Crippen LogP contribution in [0.3, 0.4) is 0 Å². The molecule has 72 valence electrons. The number of nitrogens with two attached hydrogens (primary N) is 2. The van der Waals surface area contributed by atoms with Crippen LogP contribution < -0.4 is 11.5 Å². The van der Waals surface area contributed by atoms with Crippen molar-refractivity contribution in [3.63, 3.8) is 0 Å². The van der Waals surface area contributed by atoms with Gasteiger partial charge in [0.25, 0.3) is 0 Å². The fourth-order valence-electron chi connectivity index (χ4n) is 1.03. The van der Waals surface area contributed by atoms with E-state index in [2.05, 4.69) is 4.98 Å². The van der Waals surface area contributed by atoms with Crippen molar-refractivity contribution in [1.82, 2.24) is 4.98 Å². The highest BCUT2D eigenvalue weighted by atomic mass is 35.5. The lowest BCUT2D eigenvalue weighted by atomic mass is 10.2. The highest BCUT2D eigenvalue weighted by molar-refractivity contribution is 6.30. The summed E-state index contributed by atoms with van der Waals surface area (Å²) in [6.45, 7) is 0.388. The molecule has 0 aliphatic carbocycles. The van der Waals surface area contributed by atoms with Crippen LogP contribution >= 0.6 is 11.6 Å². The Hall–Kier alpha value is -0.840. The largest absolute Gasteiger partial charge is 0.397 e. The van der Waals surface area contributed by atoms with E-state index in [1.807, 2.05) is 0 Å². The standard InChI is InChI=1S/C8H12ClN3O/c1-13-4-7(11)8-6(10)2-5(9)3-12-8/h2-3,7H,4,10-11H2,1H3/t7-/m1/s1. The molecule has 5 heteroatoms. The van der Waals surface area contributed by atoms with Gasteiger partial charge in [-0.15, -0.1) is 0 Å². The predicted octanol–water partition coefficient (Wildman–Crippen LogP) is 0.963. The van der Waals surface area contributed by atoms with Gasteiger partial charge in [-0.1, -0.05) is 11.6 Å². The van der Waals surface area contributed by atoms with Crippen molar-refractivity contribution >= 4 is 17.3 Å². The molecule has 13 heavy (non-hydrogen) atoms. The molecule has 1 atom stereocenters. The van der Waals surface area contributed by atoms with Gasteiger partial charge in [0.05, 0.1) is 29.1 Å². The first-order valence-corrected chi connectivity index (χ1v) is 4.18. The van der Waals surface area contributed by atoms with Gasteiger partial charge in [0, 0.05) is 13.3 Å². The lowest BCUT2D eigenvalue weighted by molar-refractivity contribution is 0.180. The Balaban J connectivity index is 2.88. The summed E-state index contributed by atoms with van der Waals surface area (Å²) in [4.78, 5) is 4.03. The van der Waals surface area contributed by atoms with Crippen molar-refractivity contribution in [2.75, 3.05) is 19.5 Å². The van der Waals surface area contributed by atoms with E-state index in [-0.39, 0.29) is 6.04 Å². The molecule has 1 aromatic rings. The molecule has 0 saturated carbocycles. The third-order valence-electron chi connectivity index (χ3n) is 1.61. The molecule has 0 fully saturated rings. The second kappa shape index (κ2) is 4.41. The van der Waals surface area contributed by atoms with Gasteiger partial charge in [-0.2, -0.15) is 0 Å². The zero-order valence-corrected chi connectivity index (χ0v) is 8.08. The third kappa shape index (κ3) is 2.55. The number of rotatable bonds is 3. The number of pyridine rings is 1. The third-order valence-corrected chi connectivity index (χ3v) is 1.82. The normalized spacial score (nSPS) is 12.8. The van der Waals surface area contributed by atoms with Crippen molar-refractivity contribution in [3.05, 3.63) is 23.0 Å². The van der Waals surface area contributed by atoms with E-state index < -0.39 is 0 Å². The van der Waals surface area contributed by atoms with Gasteiger partial charge in [-0.3, -0.25) is 4.98 Å². The van der Waals surface area contributed by atoms with Crippen molar-refractivity contribution in [3.8, 4) is 0 Å². The summed E-state index contributed by atoms with van der Waals surface area (Å²) in [7, 11) is 1.58. The Bertz CT molecular complexity index is 293. The molecule has 0 radical (unpaired) electrons. The Morgan fingerprint density at radius 2 is 2.38 bits per heavy atom. The van der Waals surface area contributed by atoms with E-state index in [1.54, 1.807) is 13.2 Å². The van der Waals surface area contributed by atoms with E-state index in [1.165, 1.54) is 6.20 Å². The molecule has 0 aromatic carbocycles. The topological polar surface area (TPSA) is 74.2 Å². The van der Waals surface area contributed by atoms with Gasteiger partial charge in [0.1, 0.15) is 0 Å². The molecule has 4 nitrogen and oxygen atoms in total. The zero-order chi connectivity index (χ0) is 9.84. The number of anilines is 1. The molecule has 0 amide bonds. The van der Waals surface area contributed by atoms with Crippen LogP contribution in [0, 0.1) is 0 Å². The summed E-state index contributed by atoms with van der Waals surface area (Å²) in [6.07, 6.45) is 1.52. The number of methoxy groups -OCH3 is 1. The first kappa shape index (κ1) is 10.2. The number of aromatic nitrogens is 1. The molecular weight excluding hydrogens is 190 g/mol. The quantitative estimate of drug-likeness (QED) is 0.764. The first-order chi connectivity index (χ1) is 6.15. The predicted molar refractivity (Wildman–Crippen MR) is 52.5 cm³/mol. The van der Waals surface area contributed by atoms with Crippen molar-refractivity contribution < 1.29 is 4.74 Å². The number of hydrogen-bond donors (Lipinski definition) is 2. The van der Waals surface area contributed by atoms with Crippen LogP contribution in [0.15, 0.2) is 12.3 Å². The van der Waals surface area contributed by atoms with Gasteiger partial charge >= 0.3 is 0 Å². The Morgan fingerprint density at radius 3 is 2.92 bits per heavy atom. The molecule has 0 bridgehead atoms. The fourth-order valence-corrected chi connectivity index (χ4v) is 1.20. The van der Waals surface area contributed by atoms with Crippen LogP contribution in [0.2, 0.25) is 5.02 Å². The average molecular weight is 202 g/mol. The van der Waals surface area contributed by atoms with Crippen LogP contribution in [-0.4, -0.2) is 18.7 Å². The average Bonchev–Trinajstić information content (AvgIpc) is 2.04. The number of ether oxygens (including phenoxy) is 1. The maximum absolute atomic E-state index is 5.75. The highest BCUT2D eigenvalue weighted by Crippen LogP contribution is 2.19. The minimum absolute atomic E-state index is 0.303. The van der Waals surface area contributed by atoms with Crippen LogP contribution in [0.25, 0.3) is 0 Å². The van der Waals surface area contributed by atoms with Crippen molar-refractivity contribution in [2.45, 2.75) is 6.04 Å². The van der Waals surface area contributed by atoms with Gasteiger partial charge in [0.15, 0.2) is 0 Å². The minimum atomic E-state index is -0.303. The molecule has 0 saturated heterocycles. The van der Waals surface area contributed by atoms with Gasteiger partial charge in [0.2, 0.25) is 0 Å². The zero-order valence-electron chi connectivity index (χ0n) is 7.33. The Kier molecular flexibility index (Phi) is 3.48. The van der Waals surface area contributed by atoms with E-state index in [4.69, 9.17) is 27.8 Å². The van der Waals surface area contributed by atoms with E-state index in [0.29, 0.717) is 23.0 Å². The minimum Gasteiger partial charge on any atom is -0.397 e. The first-order valence-electron chi connectivity index (χ1n) is 3.80. The molecule has 0 aliphatic heterocycles. The number of nitrogens with zero attached hydrogens (tertiary/aromatic N) is 1. The van der Waals surface area contributed by atoms with Gasteiger partial charge in [-0.25, -0.2) is 0 Å². The molecule has 1 aromatic heterocycles. The van der Waals surface area contributed by atoms with Crippen LogP contribution in [0.1, 0.15) is 11.7 Å². The molecule has 0 aliphatic rings. The lowest BCUT2D eigenvalue weighted by Gasteiger charge is -2.11. The highest BCUT2D eigenvalue weighted by Gasteiger charge is 2.10. The SMILES string of the molecule is COC[C@@H](N)c1ncc(Cl)cc1N. The second-order valence-corrected chi connectivity index (χ2v) is 3.13. The lowest BCUT2D eigenvalue weighted by Crippen LogP contribution is -2.19. The van der Waals surface area contributed by atoms with Crippen molar-refractivity contribution in [2.24, 2.45) is 5.73 Å². The van der Waals surface area contributed by atoms with E-state index >= 15 is 0 Å². The van der Waals surface area contributed by atoms with Crippen molar-refractivity contribution in [1.29, 1.82) is 0 Å². The Labute approximate surface area is 81.8 Å². The molecular formula is C8H12ClN3O. The van der Waals surface area contributed by atoms with Gasteiger partial charge in [-0.05, 0) is 6.07 Å². The van der Waals surface area contributed by atoms with Gasteiger partial charge < -0.3 is 16.2 Å². The molecule has 1 heterocycles. The van der Waals surface area contributed by atoms with E-state index in [0.717, 1.165) is 0 Å². The van der Waals surface area contributed by atoms with Crippen LogP contribution in [0.5, 0.6) is 0 Å². The second-order valence-electron chi connectivity index (χ2n) is 2.69. The maximum atomic E-state index is 5.75. The summed E-state index contributed by atoms with van der Waals surface area (Å²) in [6, 6.07) is 1.32. The van der Waals surface area contributed by atoms with Crippen LogP contribution in [-0.2, 0) is 4.74 Å². The number of nitrogen functional groups attached to an aromatic ring is 1. The molecule has 1 rings (SSSR count). The number of hydrogen-bond acceptors (Lipinski definition) is 4. The summed E-state index contributed by atoms with van der Waals surface area (Å²) >= 11 is 5.68. The van der Waals surface area contributed by atoms with E-state index in [9.17, 15) is 0 Å². The summed E-state index contributed by atoms with van der Waals surface area (Å²) in [5, 5.41) is 0.505. The smallest absolute Gasteiger partial charge is 0.0824 e. The summed E-state index contributed by atoms with van der Waals surface area (Å²) in [5.41, 5.74) is 12.5. The molecule has 0 unspecified atom stereocenters. The Morgan fingerprint density at radius 1 is 1.69 bits per heavy atom. The fraction of sp³-hybridized carbons (Fsp3) is 0.375. The molecule has 4 N–H and O–H groups in total. The summed E-state index contributed by atoms with van der Waals surface area (Å²) < 4.78 is 4.89.